The standard InChI is InChI=1S/C19H12F3N5/c20-19(21,22)16-6-5-11(9-25-16)17-14(10-26-18(23)27-17)12-7-8-24-15-4-2-1-3-13(12)15/h1-10H,(H2,23,26,27). The number of para-hydroxylation sites is 1. The number of anilines is 1. The highest BCUT2D eigenvalue weighted by Gasteiger charge is 2.32. The summed E-state index contributed by atoms with van der Waals surface area (Å²) in [4.78, 5) is 16.1. The number of rotatable bonds is 2. The summed E-state index contributed by atoms with van der Waals surface area (Å²) in [7, 11) is 0. The van der Waals surface area contributed by atoms with Crippen molar-refractivity contribution >= 4 is 16.9 Å². The van der Waals surface area contributed by atoms with Crippen LogP contribution in [0.2, 0.25) is 0 Å². The summed E-state index contributed by atoms with van der Waals surface area (Å²) in [6.45, 7) is 0. The zero-order valence-corrected chi connectivity index (χ0v) is 13.8. The molecule has 0 saturated carbocycles. The first-order valence-corrected chi connectivity index (χ1v) is 7.94. The van der Waals surface area contributed by atoms with E-state index in [1.807, 2.05) is 24.3 Å². The highest BCUT2D eigenvalue weighted by atomic mass is 19.4. The first-order chi connectivity index (χ1) is 12.9. The van der Waals surface area contributed by atoms with Gasteiger partial charge in [-0.05, 0) is 29.8 Å². The van der Waals surface area contributed by atoms with Gasteiger partial charge in [-0.2, -0.15) is 13.2 Å². The van der Waals surface area contributed by atoms with Crippen LogP contribution in [0.1, 0.15) is 5.69 Å². The molecule has 1 aromatic carbocycles. The molecule has 2 N–H and O–H groups in total. The summed E-state index contributed by atoms with van der Waals surface area (Å²) >= 11 is 0. The van der Waals surface area contributed by atoms with E-state index in [1.165, 1.54) is 6.07 Å². The van der Waals surface area contributed by atoms with Crippen molar-refractivity contribution in [3.8, 4) is 22.4 Å². The molecule has 3 heterocycles. The van der Waals surface area contributed by atoms with Crippen molar-refractivity contribution in [2.75, 3.05) is 5.73 Å². The molecule has 0 aliphatic carbocycles. The van der Waals surface area contributed by atoms with Crippen LogP contribution >= 0.6 is 0 Å². The third-order valence-corrected chi connectivity index (χ3v) is 4.07. The molecule has 3 aromatic heterocycles. The van der Waals surface area contributed by atoms with E-state index in [1.54, 1.807) is 18.5 Å². The van der Waals surface area contributed by atoms with Crippen LogP contribution < -0.4 is 5.73 Å². The van der Waals surface area contributed by atoms with Gasteiger partial charge in [-0.15, -0.1) is 0 Å². The lowest BCUT2D eigenvalue weighted by Crippen LogP contribution is -2.07. The van der Waals surface area contributed by atoms with Gasteiger partial charge in [0.1, 0.15) is 5.69 Å². The number of nitrogens with zero attached hydrogens (tertiary/aromatic N) is 4. The quantitative estimate of drug-likeness (QED) is 0.570. The van der Waals surface area contributed by atoms with E-state index in [9.17, 15) is 13.2 Å². The molecule has 0 atom stereocenters. The van der Waals surface area contributed by atoms with Crippen LogP contribution in [0.15, 0.2) is 61.1 Å². The fraction of sp³-hybridized carbons (Fsp3) is 0.0526. The Bertz CT molecular complexity index is 1120. The van der Waals surface area contributed by atoms with E-state index in [4.69, 9.17) is 5.73 Å². The van der Waals surface area contributed by atoms with Crippen LogP contribution in [0.4, 0.5) is 19.1 Å². The molecule has 27 heavy (non-hydrogen) atoms. The molecular weight excluding hydrogens is 355 g/mol. The normalized spacial score (nSPS) is 11.7. The largest absolute Gasteiger partial charge is 0.433 e. The molecule has 0 spiro atoms. The van der Waals surface area contributed by atoms with E-state index in [-0.39, 0.29) is 5.95 Å². The first-order valence-electron chi connectivity index (χ1n) is 7.94. The van der Waals surface area contributed by atoms with Crippen molar-refractivity contribution < 1.29 is 13.2 Å². The summed E-state index contributed by atoms with van der Waals surface area (Å²) in [5.74, 6) is 0.0204. The minimum absolute atomic E-state index is 0.0204. The molecule has 8 heteroatoms. The second-order valence-electron chi connectivity index (χ2n) is 5.80. The topological polar surface area (TPSA) is 77.6 Å². The molecule has 0 unspecified atom stereocenters. The fourth-order valence-electron chi connectivity index (χ4n) is 2.84. The minimum atomic E-state index is -4.51. The van der Waals surface area contributed by atoms with E-state index in [0.717, 1.165) is 28.7 Å². The Morgan fingerprint density at radius 2 is 1.63 bits per heavy atom. The SMILES string of the molecule is Nc1ncc(-c2ccnc3ccccc23)c(-c2ccc(C(F)(F)F)nc2)n1. The Hall–Kier alpha value is -3.55. The van der Waals surface area contributed by atoms with Gasteiger partial charge in [0, 0.05) is 35.1 Å². The number of nitrogens with two attached hydrogens (primary N) is 1. The smallest absolute Gasteiger partial charge is 0.368 e. The van der Waals surface area contributed by atoms with Crippen LogP contribution in [-0.2, 0) is 6.18 Å². The first kappa shape index (κ1) is 16.9. The highest BCUT2D eigenvalue weighted by molar-refractivity contribution is 5.97. The Balaban J connectivity index is 1.91. The number of alkyl halides is 3. The molecule has 0 fully saturated rings. The van der Waals surface area contributed by atoms with Gasteiger partial charge in [0.05, 0.1) is 11.2 Å². The third kappa shape index (κ3) is 3.17. The number of halogens is 3. The lowest BCUT2D eigenvalue weighted by Gasteiger charge is -2.12. The molecular formula is C19H12F3N5. The van der Waals surface area contributed by atoms with Gasteiger partial charge in [0.25, 0.3) is 0 Å². The molecule has 4 aromatic rings. The van der Waals surface area contributed by atoms with Crippen molar-refractivity contribution in [1.29, 1.82) is 0 Å². The predicted octanol–water partition coefficient (Wildman–Crippen LogP) is 4.35. The molecule has 134 valence electrons. The maximum Gasteiger partial charge on any atom is 0.433 e. The van der Waals surface area contributed by atoms with Gasteiger partial charge < -0.3 is 5.73 Å². The second-order valence-corrected chi connectivity index (χ2v) is 5.80. The number of nitrogen functional groups attached to an aromatic ring is 1. The molecule has 5 nitrogen and oxygen atoms in total. The minimum Gasteiger partial charge on any atom is -0.368 e. The monoisotopic (exact) mass is 367 g/mol. The molecule has 0 bridgehead atoms. The van der Waals surface area contributed by atoms with Crippen LogP contribution in [0.5, 0.6) is 0 Å². The van der Waals surface area contributed by atoms with E-state index in [0.29, 0.717) is 16.8 Å². The van der Waals surface area contributed by atoms with Crippen molar-refractivity contribution in [2.24, 2.45) is 0 Å². The van der Waals surface area contributed by atoms with Crippen LogP contribution in [0.25, 0.3) is 33.3 Å². The molecule has 0 amide bonds. The Kier molecular flexibility index (Phi) is 3.95. The van der Waals surface area contributed by atoms with Crippen molar-refractivity contribution in [3.63, 3.8) is 0 Å². The highest BCUT2D eigenvalue weighted by Crippen LogP contribution is 2.35. The lowest BCUT2D eigenvalue weighted by molar-refractivity contribution is -0.141. The van der Waals surface area contributed by atoms with Crippen molar-refractivity contribution in [3.05, 3.63) is 66.7 Å². The van der Waals surface area contributed by atoms with E-state index >= 15 is 0 Å². The number of hydrogen-bond donors (Lipinski definition) is 1. The third-order valence-electron chi connectivity index (χ3n) is 4.07. The van der Waals surface area contributed by atoms with Crippen molar-refractivity contribution in [2.45, 2.75) is 6.18 Å². The van der Waals surface area contributed by atoms with Crippen LogP contribution in [0.3, 0.4) is 0 Å². The Morgan fingerprint density at radius 1 is 0.815 bits per heavy atom. The van der Waals surface area contributed by atoms with E-state index in [2.05, 4.69) is 19.9 Å². The Morgan fingerprint density at radius 3 is 2.37 bits per heavy atom. The maximum absolute atomic E-state index is 12.8. The van der Waals surface area contributed by atoms with Crippen molar-refractivity contribution in [1.82, 2.24) is 19.9 Å². The molecule has 0 aliphatic rings. The number of aromatic nitrogens is 4. The zero-order chi connectivity index (χ0) is 19.0. The van der Waals surface area contributed by atoms with Crippen LogP contribution in [-0.4, -0.2) is 19.9 Å². The number of hydrogen-bond acceptors (Lipinski definition) is 5. The molecule has 0 saturated heterocycles. The molecule has 4 rings (SSSR count). The Labute approximate surface area is 151 Å². The lowest BCUT2D eigenvalue weighted by atomic mass is 9.98. The second kappa shape index (κ2) is 6.31. The predicted molar refractivity (Wildman–Crippen MR) is 95.4 cm³/mol. The van der Waals surface area contributed by atoms with Gasteiger partial charge in [-0.3, -0.25) is 9.97 Å². The zero-order valence-electron chi connectivity index (χ0n) is 13.8. The number of benzene rings is 1. The summed E-state index contributed by atoms with van der Waals surface area (Å²) in [6.07, 6.45) is -0.162. The summed E-state index contributed by atoms with van der Waals surface area (Å²) in [5, 5.41) is 0.870. The summed E-state index contributed by atoms with van der Waals surface area (Å²) in [6, 6.07) is 11.6. The summed E-state index contributed by atoms with van der Waals surface area (Å²) in [5.41, 5.74) is 7.78. The van der Waals surface area contributed by atoms with Crippen LogP contribution in [0, 0.1) is 0 Å². The molecule has 0 aliphatic heterocycles. The average Bonchev–Trinajstić information content (AvgIpc) is 2.67. The fourth-order valence-corrected chi connectivity index (χ4v) is 2.84. The van der Waals surface area contributed by atoms with Gasteiger partial charge in [-0.1, -0.05) is 18.2 Å². The van der Waals surface area contributed by atoms with Gasteiger partial charge >= 0.3 is 6.18 Å². The summed E-state index contributed by atoms with van der Waals surface area (Å²) < 4.78 is 38.4. The number of pyridine rings is 2. The molecule has 0 radical (unpaired) electrons. The average molecular weight is 367 g/mol. The van der Waals surface area contributed by atoms with Gasteiger partial charge in [0.2, 0.25) is 5.95 Å². The van der Waals surface area contributed by atoms with E-state index < -0.39 is 11.9 Å². The van der Waals surface area contributed by atoms with Gasteiger partial charge in [0.15, 0.2) is 0 Å². The number of fused-ring (bicyclic) bond motifs is 1. The maximum atomic E-state index is 12.8. The van der Waals surface area contributed by atoms with Gasteiger partial charge in [-0.25, -0.2) is 9.97 Å².